The molecule has 2 aliphatic heterocycles. The number of fused-ring (bicyclic) bond motifs is 3. The third kappa shape index (κ3) is 3.97. The van der Waals surface area contributed by atoms with Crippen LogP contribution in [0.25, 0.3) is 10.9 Å². The van der Waals surface area contributed by atoms with Crippen LogP contribution < -0.4 is 5.32 Å². The molecule has 2 aliphatic rings. The highest BCUT2D eigenvalue weighted by atomic mass is 32.2. The van der Waals surface area contributed by atoms with Crippen molar-refractivity contribution in [2.45, 2.75) is 37.9 Å². The Morgan fingerprint density at radius 2 is 1.90 bits per heavy atom. The van der Waals surface area contributed by atoms with Gasteiger partial charge in [-0.1, -0.05) is 42.3 Å². The summed E-state index contributed by atoms with van der Waals surface area (Å²) in [5.41, 5.74) is 6.50. The molecule has 6 heteroatoms. The van der Waals surface area contributed by atoms with Crippen molar-refractivity contribution in [2.24, 2.45) is 0 Å². The molecule has 0 amide bonds. The van der Waals surface area contributed by atoms with E-state index in [0.29, 0.717) is 18.5 Å². The van der Waals surface area contributed by atoms with Crippen molar-refractivity contribution in [1.29, 1.82) is 0 Å². The quantitative estimate of drug-likeness (QED) is 0.495. The van der Waals surface area contributed by atoms with Gasteiger partial charge in [-0.25, -0.2) is 4.31 Å². The fourth-order valence-electron chi connectivity index (χ4n) is 5.16. The molecule has 31 heavy (non-hydrogen) atoms. The smallest absolute Gasteiger partial charge is 0.0906 e. The normalized spacial score (nSPS) is 22.4. The molecule has 3 aromatic rings. The Bertz CT molecular complexity index is 1030. The summed E-state index contributed by atoms with van der Waals surface area (Å²) in [6, 6.07) is 18.8. The van der Waals surface area contributed by atoms with Crippen LogP contribution in [0.1, 0.15) is 36.2 Å². The third-order valence-corrected chi connectivity index (χ3v) is 7.67. The van der Waals surface area contributed by atoms with E-state index in [9.17, 15) is 4.39 Å². The predicted octanol–water partition coefficient (Wildman–Crippen LogP) is 5.24. The van der Waals surface area contributed by atoms with Gasteiger partial charge >= 0.3 is 0 Å². The van der Waals surface area contributed by atoms with Gasteiger partial charge in [0.15, 0.2) is 0 Å². The molecule has 4 nitrogen and oxygen atoms in total. The molecule has 1 aromatic heterocycles. The zero-order valence-electron chi connectivity index (χ0n) is 18.3. The molecule has 2 aromatic carbocycles. The number of nitrogens with zero attached hydrogens (tertiary/aromatic N) is 2. The molecule has 164 valence electrons. The van der Waals surface area contributed by atoms with E-state index in [2.05, 4.69) is 81.2 Å². The molecule has 1 saturated heterocycles. The standard InChI is InChI=1S/C25H31FN4S/c1-17-14-22-21-6-3-4-7-23(21)28-24(22)25(30(17)31-2)18-8-10-19(11-9-18)27-20-15-29(16-20)13-5-12-26/h3-4,6-11,17,20,25,27-28H,5,12-16H2,1-2H3/t17-,25+/m1/s1. The molecule has 0 radical (unpaired) electrons. The molecule has 2 atom stereocenters. The van der Waals surface area contributed by atoms with Gasteiger partial charge in [0, 0.05) is 48.0 Å². The SMILES string of the molecule is CSN1[C@@H](c2ccc(NC3CN(CCCF)C3)cc2)c2[nH]c3ccccc3c2C[C@H]1C. The lowest BCUT2D eigenvalue weighted by atomic mass is 9.91. The van der Waals surface area contributed by atoms with Crippen molar-refractivity contribution in [3.63, 3.8) is 0 Å². The first-order valence-corrected chi connectivity index (χ1v) is 12.4. The van der Waals surface area contributed by atoms with Crippen molar-refractivity contribution >= 4 is 28.5 Å². The second-order valence-corrected chi connectivity index (χ2v) is 9.61. The molecule has 3 heterocycles. The van der Waals surface area contributed by atoms with Crippen molar-refractivity contribution in [1.82, 2.24) is 14.2 Å². The van der Waals surface area contributed by atoms with Gasteiger partial charge in [0.1, 0.15) is 0 Å². The molecule has 0 aliphatic carbocycles. The summed E-state index contributed by atoms with van der Waals surface area (Å²) < 4.78 is 14.9. The van der Waals surface area contributed by atoms with Crippen LogP contribution in [0, 0.1) is 0 Å². The van der Waals surface area contributed by atoms with Gasteiger partial charge in [-0.2, -0.15) is 0 Å². The molecular formula is C25H31FN4S. The maximum absolute atomic E-state index is 12.3. The van der Waals surface area contributed by atoms with E-state index in [0.717, 1.165) is 31.7 Å². The number of hydrogen-bond acceptors (Lipinski definition) is 4. The number of aromatic amines is 1. The van der Waals surface area contributed by atoms with Crippen LogP contribution in [-0.4, -0.2) is 58.8 Å². The molecule has 5 rings (SSSR count). The van der Waals surface area contributed by atoms with Crippen LogP contribution in [-0.2, 0) is 6.42 Å². The van der Waals surface area contributed by atoms with Crippen LogP contribution in [0.4, 0.5) is 10.1 Å². The number of nitrogens with one attached hydrogen (secondary N) is 2. The first-order valence-electron chi connectivity index (χ1n) is 11.2. The zero-order valence-corrected chi connectivity index (χ0v) is 19.1. The zero-order chi connectivity index (χ0) is 21.4. The molecule has 0 spiro atoms. The Labute approximate surface area is 188 Å². The van der Waals surface area contributed by atoms with Crippen molar-refractivity contribution in [2.75, 3.05) is 37.9 Å². The van der Waals surface area contributed by atoms with Gasteiger partial charge in [-0.3, -0.25) is 9.29 Å². The highest BCUT2D eigenvalue weighted by Crippen LogP contribution is 2.43. The van der Waals surface area contributed by atoms with Crippen LogP contribution in [0.3, 0.4) is 0 Å². The van der Waals surface area contributed by atoms with Crippen LogP contribution in [0.2, 0.25) is 0 Å². The van der Waals surface area contributed by atoms with Crippen molar-refractivity contribution < 1.29 is 4.39 Å². The highest BCUT2D eigenvalue weighted by Gasteiger charge is 2.35. The minimum absolute atomic E-state index is 0.218. The van der Waals surface area contributed by atoms with Crippen LogP contribution in [0.15, 0.2) is 48.5 Å². The van der Waals surface area contributed by atoms with Crippen molar-refractivity contribution in [3.05, 3.63) is 65.4 Å². The van der Waals surface area contributed by atoms with E-state index in [1.54, 1.807) is 0 Å². The average molecular weight is 439 g/mol. The van der Waals surface area contributed by atoms with Crippen LogP contribution >= 0.6 is 11.9 Å². The van der Waals surface area contributed by atoms with Gasteiger partial charge in [-0.05, 0) is 55.3 Å². The lowest BCUT2D eigenvalue weighted by molar-refractivity contribution is 0.155. The first kappa shape index (κ1) is 20.9. The molecule has 1 fully saturated rings. The maximum Gasteiger partial charge on any atom is 0.0906 e. The fourth-order valence-corrected chi connectivity index (χ4v) is 6.04. The maximum atomic E-state index is 12.3. The van der Waals surface area contributed by atoms with Crippen molar-refractivity contribution in [3.8, 4) is 0 Å². The summed E-state index contributed by atoms with van der Waals surface area (Å²) in [6.07, 6.45) is 3.89. The average Bonchev–Trinajstić information content (AvgIpc) is 3.13. The Hall–Kier alpha value is -2.02. The summed E-state index contributed by atoms with van der Waals surface area (Å²) in [5.74, 6) is 0. The van der Waals surface area contributed by atoms with Crippen LogP contribution in [0.5, 0.6) is 0 Å². The minimum Gasteiger partial charge on any atom is -0.380 e. The minimum atomic E-state index is -0.221. The molecule has 0 bridgehead atoms. The number of hydrogen-bond donors (Lipinski definition) is 2. The highest BCUT2D eigenvalue weighted by molar-refractivity contribution is 7.96. The summed E-state index contributed by atoms with van der Waals surface area (Å²) in [5, 5.41) is 4.98. The number of H-pyrrole nitrogens is 1. The Morgan fingerprint density at radius 1 is 1.13 bits per heavy atom. The lowest BCUT2D eigenvalue weighted by Gasteiger charge is -2.40. The van der Waals surface area contributed by atoms with Gasteiger partial charge in [0.25, 0.3) is 0 Å². The van der Waals surface area contributed by atoms with Gasteiger partial charge in [0.2, 0.25) is 0 Å². The number of benzene rings is 2. The predicted molar refractivity (Wildman–Crippen MR) is 130 cm³/mol. The summed E-state index contributed by atoms with van der Waals surface area (Å²) >= 11 is 1.83. The second kappa shape index (κ2) is 8.85. The lowest BCUT2D eigenvalue weighted by Crippen LogP contribution is -2.54. The van der Waals surface area contributed by atoms with E-state index in [-0.39, 0.29) is 12.7 Å². The van der Waals surface area contributed by atoms with E-state index in [4.69, 9.17) is 0 Å². The van der Waals surface area contributed by atoms with E-state index in [1.165, 1.54) is 27.7 Å². The number of alkyl halides is 1. The monoisotopic (exact) mass is 438 g/mol. The second-order valence-electron chi connectivity index (χ2n) is 8.83. The summed E-state index contributed by atoms with van der Waals surface area (Å²) in [4.78, 5) is 6.04. The molecular weight excluding hydrogens is 407 g/mol. The third-order valence-electron chi connectivity index (χ3n) is 6.68. The number of halogens is 1. The molecule has 0 unspecified atom stereocenters. The number of para-hydroxylation sites is 1. The Morgan fingerprint density at radius 3 is 2.65 bits per heavy atom. The topological polar surface area (TPSA) is 34.3 Å². The number of anilines is 1. The largest absolute Gasteiger partial charge is 0.380 e. The summed E-state index contributed by atoms with van der Waals surface area (Å²) in [6.45, 7) is 4.97. The van der Waals surface area contributed by atoms with E-state index >= 15 is 0 Å². The van der Waals surface area contributed by atoms with E-state index in [1.807, 2.05) is 11.9 Å². The fraction of sp³-hybridized carbons (Fsp3) is 0.440. The summed E-state index contributed by atoms with van der Waals surface area (Å²) in [7, 11) is 0. The van der Waals surface area contributed by atoms with Gasteiger partial charge in [0.05, 0.1) is 18.8 Å². The number of likely N-dealkylation sites (tertiary alicyclic amines) is 1. The number of rotatable bonds is 7. The molecule has 2 N–H and O–H groups in total. The van der Waals surface area contributed by atoms with Gasteiger partial charge < -0.3 is 10.3 Å². The first-order chi connectivity index (χ1) is 15.2. The Balaban J connectivity index is 1.37. The Kier molecular flexibility index (Phi) is 5.95. The van der Waals surface area contributed by atoms with E-state index < -0.39 is 0 Å². The van der Waals surface area contributed by atoms with Gasteiger partial charge in [-0.15, -0.1) is 0 Å². The number of aromatic nitrogens is 1. The molecule has 0 saturated carbocycles.